The molecular formula is C13H21N3O2S. The highest BCUT2D eigenvalue weighted by Crippen LogP contribution is 2.18. The lowest BCUT2D eigenvalue weighted by Crippen LogP contribution is -2.48. The van der Waals surface area contributed by atoms with Crippen LogP contribution in [0.4, 0.5) is 4.79 Å². The van der Waals surface area contributed by atoms with Crippen LogP contribution in [-0.4, -0.2) is 28.3 Å². The lowest BCUT2D eigenvalue weighted by Gasteiger charge is -2.28. The molecule has 2 rings (SSSR count). The maximum Gasteiger partial charge on any atom is 0.315 e. The number of carbonyl (C=O) groups is 1. The zero-order valence-electron chi connectivity index (χ0n) is 11.4. The van der Waals surface area contributed by atoms with Crippen molar-refractivity contribution in [3.05, 3.63) is 15.6 Å². The Morgan fingerprint density at radius 3 is 2.79 bits per heavy atom. The first-order chi connectivity index (χ1) is 9.06. The molecule has 106 valence electrons. The molecule has 0 bridgehead atoms. The van der Waals surface area contributed by atoms with Crippen molar-refractivity contribution in [1.29, 1.82) is 0 Å². The number of hydrogen-bond acceptors (Lipinski definition) is 4. The number of rotatable bonds is 3. The molecule has 1 aromatic heterocycles. The van der Waals surface area contributed by atoms with E-state index in [0.29, 0.717) is 6.54 Å². The molecule has 1 aliphatic carbocycles. The molecule has 1 saturated carbocycles. The first-order valence-electron chi connectivity index (χ1n) is 6.71. The molecule has 2 amide bonds. The minimum Gasteiger partial charge on any atom is -0.391 e. The van der Waals surface area contributed by atoms with E-state index in [4.69, 9.17) is 0 Å². The highest BCUT2D eigenvalue weighted by Gasteiger charge is 2.24. The van der Waals surface area contributed by atoms with Crippen molar-refractivity contribution >= 4 is 17.4 Å². The maximum atomic E-state index is 11.8. The van der Waals surface area contributed by atoms with Crippen LogP contribution >= 0.6 is 11.3 Å². The Labute approximate surface area is 117 Å². The van der Waals surface area contributed by atoms with Crippen LogP contribution in [0.25, 0.3) is 0 Å². The van der Waals surface area contributed by atoms with Crippen molar-refractivity contribution in [2.24, 2.45) is 0 Å². The molecule has 1 aliphatic rings. The van der Waals surface area contributed by atoms with Crippen LogP contribution < -0.4 is 10.6 Å². The largest absolute Gasteiger partial charge is 0.391 e. The standard InChI is InChI=1S/C13H21N3O2S/c1-8-11(15-9(2)19-8)7-14-13(18)16-10-5-3-4-6-12(10)17/h10,12,17H,3-7H2,1-2H3,(H2,14,16,18). The van der Waals surface area contributed by atoms with Crippen LogP contribution in [0.1, 0.15) is 41.3 Å². The molecule has 3 N–H and O–H groups in total. The van der Waals surface area contributed by atoms with E-state index in [9.17, 15) is 9.90 Å². The monoisotopic (exact) mass is 283 g/mol. The minimum absolute atomic E-state index is 0.119. The normalized spacial score (nSPS) is 23.1. The summed E-state index contributed by atoms with van der Waals surface area (Å²) < 4.78 is 0. The van der Waals surface area contributed by atoms with Crippen LogP contribution in [-0.2, 0) is 6.54 Å². The summed E-state index contributed by atoms with van der Waals surface area (Å²) in [5, 5.41) is 16.5. The second kappa shape index (κ2) is 6.34. The Kier molecular flexibility index (Phi) is 4.76. The third-order valence-corrected chi connectivity index (χ3v) is 4.39. The van der Waals surface area contributed by atoms with Gasteiger partial charge in [-0.15, -0.1) is 11.3 Å². The first-order valence-corrected chi connectivity index (χ1v) is 7.53. The van der Waals surface area contributed by atoms with Crippen LogP contribution in [0.15, 0.2) is 0 Å². The fourth-order valence-corrected chi connectivity index (χ4v) is 3.23. The average molecular weight is 283 g/mol. The van der Waals surface area contributed by atoms with E-state index < -0.39 is 6.10 Å². The molecule has 1 heterocycles. The van der Waals surface area contributed by atoms with Gasteiger partial charge in [0.25, 0.3) is 0 Å². The van der Waals surface area contributed by atoms with Crippen LogP contribution in [0.3, 0.4) is 0 Å². The third kappa shape index (κ3) is 3.91. The quantitative estimate of drug-likeness (QED) is 0.792. The van der Waals surface area contributed by atoms with Crippen LogP contribution in [0.2, 0.25) is 0 Å². The SMILES string of the molecule is Cc1nc(CNC(=O)NC2CCCCC2O)c(C)s1. The molecule has 19 heavy (non-hydrogen) atoms. The second-order valence-electron chi connectivity index (χ2n) is 5.02. The molecule has 2 atom stereocenters. The molecule has 5 nitrogen and oxygen atoms in total. The van der Waals surface area contributed by atoms with Gasteiger partial charge in [0.15, 0.2) is 0 Å². The Bertz CT molecular complexity index is 447. The molecule has 0 spiro atoms. The summed E-state index contributed by atoms with van der Waals surface area (Å²) in [7, 11) is 0. The minimum atomic E-state index is -0.414. The van der Waals surface area contributed by atoms with E-state index in [1.807, 2.05) is 13.8 Å². The Morgan fingerprint density at radius 2 is 2.16 bits per heavy atom. The fourth-order valence-electron chi connectivity index (χ4n) is 2.40. The molecule has 0 radical (unpaired) electrons. The van der Waals surface area contributed by atoms with Crippen molar-refractivity contribution in [2.45, 2.75) is 58.2 Å². The van der Waals surface area contributed by atoms with Crippen molar-refractivity contribution in [3.63, 3.8) is 0 Å². The second-order valence-corrected chi connectivity index (χ2v) is 6.43. The number of urea groups is 1. The van der Waals surface area contributed by atoms with Crippen molar-refractivity contribution in [2.75, 3.05) is 0 Å². The average Bonchev–Trinajstić information content (AvgIpc) is 2.68. The maximum absolute atomic E-state index is 11.8. The predicted octanol–water partition coefficient (Wildman–Crippen LogP) is 1.86. The molecule has 1 fully saturated rings. The number of aromatic nitrogens is 1. The Morgan fingerprint density at radius 1 is 1.42 bits per heavy atom. The van der Waals surface area contributed by atoms with Gasteiger partial charge < -0.3 is 15.7 Å². The summed E-state index contributed by atoms with van der Waals surface area (Å²) >= 11 is 1.63. The smallest absolute Gasteiger partial charge is 0.315 e. The molecule has 2 unspecified atom stereocenters. The van der Waals surface area contributed by atoms with E-state index in [1.165, 1.54) is 0 Å². The summed E-state index contributed by atoms with van der Waals surface area (Å²) in [6, 6.07) is -0.344. The van der Waals surface area contributed by atoms with Gasteiger partial charge in [0.05, 0.1) is 29.4 Å². The van der Waals surface area contributed by atoms with E-state index in [2.05, 4.69) is 15.6 Å². The Hall–Kier alpha value is -1.14. The number of nitrogens with one attached hydrogen (secondary N) is 2. The molecule has 0 aromatic carbocycles. The van der Waals surface area contributed by atoms with E-state index >= 15 is 0 Å². The first kappa shape index (κ1) is 14.3. The molecule has 0 saturated heterocycles. The number of carbonyl (C=O) groups excluding carboxylic acids is 1. The Balaban J connectivity index is 1.79. The summed E-state index contributed by atoms with van der Waals surface area (Å²) in [6.07, 6.45) is 3.31. The van der Waals surface area contributed by atoms with Gasteiger partial charge in [-0.25, -0.2) is 9.78 Å². The van der Waals surface area contributed by atoms with E-state index in [1.54, 1.807) is 11.3 Å². The summed E-state index contributed by atoms with van der Waals surface area (Å²) in [5.74, 6) is 0. The lowest BCUT2D eigenvalue weighted by molar-refractivity contribution is 0.0943. The summed E-state index contributed by atoms with van der Waals surface area (Å²) in [4.78, 5) is 17.3. The highest BCUT2D eigenvalue weighted by molar-refractivity contribution is 7.11. The van der Waals surface area contributed by atoms with Crippen LogP contribution in [0, 0.1) is 13.8 Å². The third-order valence-electron chi connectivity index (χ3n) is 3.46. The van der Waals surface area contributed by atoms with Gasteiger partial charge in [0.2, 0.25) is 0 Å². The topological polar surface area (TPSA) is 74.2 Å². The predicted molar refractivity (Wildman–Crippen MR) is 75.2 cm³/mol. The van der Waals surface area contributed by atoms with Crippen molar-refractivity contribution < 1.29 is 9.90 Å². The van der Waals surface area contributed by atoms with E-state index in [0.717, 1.165) is 41.3 Å². The number of aryl methyl sites for hydroxylation is 2. The van der Waals surface area contributed by atoms with Gasteiger partial charge in [0, 0.05) is 4.88 Å². The number of thiazole rings is 1. The van der Waals surface area contributed by atoms with Gasteiger partial charge >= 0.3 is 6.03 Å². The zero-order valence-corrected chi connectivity index (χ0v) is 12.2. The highest BCUT2D eigenvalue weighted by atomic mass is 32.1. The summed E-state index contributed by atoms with van der Waals surface area (Å²) in [5.41, 5.74) is 0.918. The van der Waals surface area contributed by atoms with Gasteiger partial charge in [0.1, 0.15) is 0 Å². The van der Waals surface area contributed by atoms with Gasteiger partial charge in [-0.3, -0.25) is 0 Å². The number of aliphatic hydroxyl groups is 1. The van der Waals surface area contributed by atoms with Crippen molar-refractivity contribution in [1.82, 2.24) is 15.6 Å². The number of nitrogens with zero attached hydrogens (tertiary/aromatic N) is 1. The fraction of sp³-hybridized carbons (Fsp3) is 0.692. The van der Waals surface area contributed by atoms with Crippen LogP contribution in [0.5, 0.6) is 0 Å². The molecular weight excluding hydrogens is 262 g/mol. The number of aliphatic hydroxyl groups excluding tert-OH is 1. The van der Waals surface area contributed by atoms with Gasteiger partial charge in [-0.05, 0) is 26.7 Å². The molecule has 0 aliphatic heterocycles. The van der Waals surface area contributed by atoms with Gasteiger partial charge in [-0.1, -0.05) is 12.8 Å². The molecule has 1 aromatic rings. The van der Waals surface area contributed by atoms with E-state index in [-0.39, 0.29) is 12.1 Å². The number of amides is 2. The van der Waals surface area contributed by atoms with Crippen molar-refractivity contribution in [3.8, 4) is 0 Å². The molecule has 6 heteroatoms. The van der Waals surface area contributed by atoms with Gasteiger partial charge in [-0.2, -0.15) is 0 Å². The zero-order chi connectivity index (χ0) is 13.8. The number of hydrogen-bond donors (Lipinski definition) is 3. The lowest BCUT2D eigenvalue weighted by atomic mass is 9.93. The summed E-state index contributed by atoms with van der Waals surface area (Å²) in [6.45, 7) is 4.40.